The van der Waals surface area contributed by atoms with Crippen molar-refractivity contribution in [1.29, 1.82) is 0 Å². The molecule has 4 aromatic carbocycles. The van der Waals surface area contributed by atoms with Crippen LogP contribution in [0.4, 0.5) is 22.4 Å². The Morgan fingerprint density at radius 1 is 0.740 bits per heavy atom. The fourth-order valence-electron chi connectivity index (χ4n) is 7.41. The van der Waals surface area contributed by atoms with Gasteiger partial charge in [0.05, 0.1) is 29.5 Å². The third-order valence-electron chi connectivity index (χ3n) is 11.1. The fraction of sp³-hybridized carbons (Fsp3) is 0.312. The van der Waals surface area contributed by atoms with Gasteiger partial charge in [-0.15, -0.1) is 0 Å². The second-order valence-electron chi connectivity index (χ2n) is 16.2. The van der Waals surface area contributed by atoms with Crippen LogP contribution in [-0.4, -0.2) is 150 Å². The molecule has 6 N–H and O–H groups in total. The second-order valence-corrected chi connectivity index (χ2v) is 20.8. The van der Waals surface area contributed by atoms with E-state index in [-0.39, 0.29) is 59.6 Å². The smallest absolute Gasteiger partial charge is 0.324 e. The molecule has 20 nitrogen and oxygen atoms in total. The maximum atomic E-state index is 14.8. The lowest BCUT2D eigenvalue weighted by molar-refractivity contribution is -0.134. The number of rotatable bonds is 14. The number of aromatic nitrogens is 1. The molecule has 29 heteroatoms. The van der Waals surface area contributed by atoms with Crippen molar-refractivity contribution in [1.82, 2.24) is 44.0 Å². The number of nitrogens with one attached hydrogen (secondary N) is 4. The summed E-state index contributed by atoms with van der Waals surface area (Å²) in [7, 11) is -2.28. The van der Waals surface area contributed by atoms with E-state index in [0.29, 0.717) is 54.3 Å². The van der Waals surface area contributed by atoms with Crippen molar-refractivity contribution in [2.24, 2.45) is 0 Å². The van der Waals surface area contributed by atoms with E-state index in [1.165, 1.54) is 72.2 Å². The van der Waals surface area contributed by atoms with Crippen molar-refractivity contribution in [2.75, 3.05) is 72.1 Å². The Hall–Kier alpha value is -5.82. The standard InChI is InChI=1S/C24H26ClF2N5O7S.C22H19ClF2N4O4S2.C2H6/c25-15-1-3-16(4-2-15)39-22-18(26)11-17(12-19(22)27)40(37)32-6-5-31(13-20(32)23(34)29-36)24(35)28-21(33)14-30-7-9-38-10-8-30;23-13-3-5-14(6-4-13)33-20-16(24)10-15(11-17(20)25)34-29-9-8-28(12-18(29)21(30)27-32)35-19-2-1-7-26-22(19)31;1-2/h1-4,11-12,20,36H,5-10,13-14H2,(H,29,34)(H,28,33,35);1-7,10-11,18,32H,8-9,12H2,(H,26,31)(H,27,30);1-2H3/t20-,40?;18-;/m11./s1. The van der Waals surface area contributed by atoms with E-state index in [4.69, 9.17) is 37.4 Å². The number of imide groups is 1. The van der Waals surface area contributed by atoms with Crippen molar-refractivity contribution in [3.63, 3.8) is 0 Å². The number of halogens is 6. The van der Waals surface area contributed by atoms with E-state index in [0.717, 1.165) is 45.4 Å². The molecule has 5 aromatic rings. The van der Waals surface area contributed by atoms with Gasteiger partial charge in [0, 0.05) is 73.5 Å². The van der Waals surface area contributed by atoms with Gasteiger partial charge >= 0.3 is 6.03 Å². The van der Waals surface area contributed by atoms with Crippen molar-refractivity contribution in [3.8, 4) is 23.0 Å². The number of hydrogen-bond acceptors (Lipinski definition) is 16. The number of aromatic amines is 1. The minimum Gasteiger partial charge on any atom is -0.451 e. The number of amides is 5. The molecule has 77 heavy (non-hydrogen) atoms. The Labute approximate surface area is 459 Å². The van der Waals surface area contributed by atoms with Gasteiger partial charge in [-0.25, -0.2) is 50.4 Å². The number of H-pyrrole nitrogens is 1. The lowest BCUT2D eigenvalue weighted by atomic mass is 10.2. The molecule has 0 radical (unpaired) electrons. The Bertz CT molecular complexity index is 2890. The van der Waals surface area contributed by atoms with Gasteiger partial charge in [0.1, 0.15) is 34.6 Å². The van der Waals surface area contributed by atoms with Crippen molar-refractivity contribution >= 4 is 81.8 Å². The molecule has 0 aliphatic carbocycles. The summed E-state index contributed by atoms with van der Waals surface area (Å²) >= 11 is 13.8. The van der Waals surface area contributed by atoms with E-state index in [9.17, 15) is 56.2 Å². The highest BCUT2D eigenvalue weighted by Gasteiger charge is 2.39. The average Bonchev–Trinajstić information content (AvgIpc) is 3.45. The number of hydrogen-bond donors (Lipinski definition) is 6. The number of urea groups is 1. The van der Waals surface area contributed by atoms with Crippen LogP contribution in [0, 0.1) is 23.3 Å². The summed E-state index contributed by atoms with van der Waals surface area (Å²) in [5.74, 6) is -7.29. The first kappa shape index (κ1) is 60.4. The number of benzene rings is 4. The molecular weight excluding hydrogens is 1120 g/mol. The quantitative estimate of drug-likeness (QED) is 0.0289. The number of carbonyl (C=O) groups excluding carboxylic acids is 4. The van der Waals surface area contributed by atoms with Crippen LogP contribution in [-0.2, 0) is 30.1 Å². The monoisotopic (exact) mass is 1170 g/mol. The Morgan fingerprint density at radius 3 is 1.83 bits per heavy atom. The highest BCUT2D eigenvalue weighted by Crippen LogP contribution is 2.36. The molecule has 1 unspecified atom stereocenters. The summed E-state index contributed by atoms with van der Waals surface area (Å²) in [5.41, 5.74) is 2.83. The number of morpholine rings is 1. The molecule has 3 atom stereocenters. The SMILES string of the molecule is CC.O=C(CN1CCOCC1)NC(=O)N1CCN(S(=O)c2cc(F)c(Oc3ccc(Cl)cc3)c(F)c2)[C@@H](C(=O)NO)C1.O=C(NO)[C@H]1CN(Sc2ccc[nH]c2=O)CCN1Sc1cc(F)c(Oc2ccc(Cl)cc2)c(F)c1. The van der Waals surface area contributed by atoms with Gasteiger partial charge < -0.3 is 24.1 Å². The highest BCUT2D eigenvalue weighted by molar-refractivity contribution is 7.97. The van der Waals surface area contributed by atoms with Crippen LogP contribution in [0.25, 0.3) is 0 Å². The summed E-state index contributed by atoms with van der Waals surface area (Å²) < 4.78 is 92.7. The molecule has 5 amide bonds. The maximum Gasteiger partial charge on any atom is 0.324 e. The number of ether oxygens (including phenoxy) is 3. The number of carbonyl (C=O) groups is 4. The first-order valence-electron chi connectivity index (χ1n) is 23.4. The molecule has 414 valence electrons. The molecular formula is C48H51Cl2F4N9O11S3. The van der Waals surface area contributed by atoms with E-state index >= 15 is 0 Å². The van der Waals surface area contributed by atoms with Gasteiger partial charge in [0.15, 0.2) is 34.8 Å². The topological polar surface area (TPSA) is 239 Å². The van der Waals surface area contributed by atoms with E-state index < -0.39 is 81.6 Å². The van der Waals surface area contributed by atoms with E-state index in [1.807, 2.05) is 23.1 Å². The summed E-state index contributed by atoms with van der Waals surface area (Å²) in [6.45, 7) is 6.32. The van der Waals surface area contributed by atoms with Gasteiger partial charge in [-0.05, 0) is 109 Å². The van der Waals surface area contributed by atoms with Gasteiger partial charge in [-0.3, -0.25) is 39.8 Å². The second kappa shape index (κ2) is 29.2. The largest absolute Gasteiger partial charge is 0.451 e. The van der Waals surface area contributed by atoms with Crippen LogP contribution in [0.3, 0.4) is 0 Å². The normalized spacial score (nSPS) is 17.6. The highest BCUT2D eigenvalue weighted by atomic mass is 35.5. The number of nitrogens with zero attached hydrogens (tertiary/aromatic N) is 5. The Balaban J connectivity index is 0.000000244. The Morgan fingerprint density at radius 2 is 1.29 bits per heavy atom. The molecule has 3 fully saturated rings. The van der Waals surface area contributed by atoms with E-state index in [1.54, 1.807) is 21.9 Å². The summed E-state index contributed by atoms with van der Waals surface area (Å²) in [6.07, 6.45) is 1.52. The first-order valence-corrected chi connectivity index (χ1v) is 26.8. The van der Waals surface area contributed by atoms with Crippen LogP contribution in [0.1, 0.15) is 13.8 Å². The molecule has 0 saturated carbocycles. The van der Waals surface area contributed by atoms with Crippen LogP contribution >= 0.6 is 47.1 Å². The van der Waals surface area contributed by atoms with Gasteiger partial charge in [0.2, 0.25) is 5.91 Å². The number of piperazine rings is 2. The van der Waals surface area contributed by atoms with Crippen molar-refractivity contribution in [3.05, 3.63) is 135 Å². The number of hydroxylamine groups is 2. The molecule has 0 spiro atoms. The molecule has 0 bridgehead atoms. The minimum atomic E-state index is -2.28. The molecule has 3 aliphatic rings. The zero-order chi connectivity index (χ0) is 55.8. The van der Waals surface area contributed by atoms with Crippen LogP contribution < -0.4 is 31.3 Å². The predicted molar refractivity (Wildman–Crippen MR) is 277 cm³/mol. The lowest BCUT2D eigenvalue weighted by Crippen LogP contribution is -2.62. The van der Waals surface area contributed by atoms with Gasteiger partial charge in [-0.2, -0.15) is 0 Å². The Kier molecular flexibility index (Phi) is 22.9. The number of pyridine rings is 1. The predicted octanol–water partition coefficient (Wildman–Crippen LogP) is 6.82. The molecule has 3 saturated heterocycles. The molecule has 8 rings (SSSR count). The average molecular weight is 1170 g/mol. The maximum absolute atomic E-state index is 14.8. The summed E-state index contributed by atoms with van der Waals surface area (Å²) in [5, 5.41) is 21.6. The van der Waals surface area contributed by atoms with Crippen LogP contribution in [0.15, 0.2) is 111 Å². The third-order valence-corrected chi connectivity index (χ3v) is 15.3. The summed E-state index contributed by atoms with van der Waals surface area (Å²) in [6, 6.07) is 16.0. The molecule has 3 aliphatic heterocycles. The summed E-state index contributed by atoms with van der Waals surface area (Å²) in [4.78, 5) is 67.6. The lowest BCUT2D eigenvalue weighted by Gasteiger charge is -2.38. The minimum absolute atomic E-state index is 0.0194. The van der Waals surface area contributed by atoms with Gasteiger partial charge in [0.25, 0.3) is 17.4 Å². The van der Waals surface area contributed by atoms with Crippen LogP contribution in [0.2, 0.25) is 10.0 Å². The van der Waals surface area contributed by atoms with Gasteiger partial charge in [-0.1, -0.05) is 37.0 Å². The third kappa shape index (κ3) is 16.8. The van der Waals surface area contributed by atoms with Crippen LogP contribution in [0.5, 0.6) is 23.0 Å². The zero-order valence-corrected chi connectivity index (χ0v) is 44.9. The van der Waals surface area contributed by atoms with E-state index in [2.05, 4.69) is 10.3 Å². The van der Waals surface area contributed by atoms with Crippen molar-refractivity contribution in [2.45, 2.75) is 40.6 Å². The molecule has 4 heterocycles. The first-order chi connectivity index (χ1) is 37.0. The fourth-order valence-corrected chi connectivity index (χ4v) is 11.0. The zero-order valence-electron chi connectivity index (χ0n) is 40.9. The molecule has 1 aromatic heterocycles. The van der Waals surface area contributed by atoms with Crippen molar-refractivity contribution < 1.29 is 65.6 Å².